The monoisotopic (exact) mass is 287 g/mol. The molecule has 0 fully saturated rings. The Morgan fingerprint density at radius 2 is 2.10 bits per heavy atom. The standard InChI is InChI=1S/C16H21N3O2/c1-3-14-18-10-12-19(14)11-9-16(17,15(20)21-2)13-7-5-4-6-8-13/h4-8,10,12H,3,9,11,17H2,1-2H3. The first-order valence-corrected chi connectivity index (χ1v) is 7.04. The first kappa shape index (κ1) is 15.3. The Morgan fingerprint density at radius 1 is 1.38 bits per heavy atom. The molecule has 1 atom stereocenters. The fourth-order valence-corrected chi connectivity index (χ4v) is 2.44. The number of hydrogen-bond acceptors (Lipinski definition) is 4. The minimum atomic E-state index is -1.15. The number of carbonyl (C=O) groups excluding carboxylic acids is 1. The van der Waals surface area contributed by atoms with Crippen molar-refractivity contribution in [1.82, 2.24) is 9.55 Å². The number of esters is 1. The van der Waals surface area contributed by atoms with E-state index in [1.54, 1.807) is 6.20 Å². The molecule has 0 saturated carbocycles. The summed E-state index contributed by atoms with van der Waals surface area (Å²) in [5.41, 5.74) is 5.98. The molecule has 5 nitrogen and oxygen atoms in total. The molecular formula is C16H21N3O2. The van der Waals surface area contributed by atoms with Crippen molar-refractivity contribution in [2.75, 3.05) is 7.11 Å². The second kappa shape index (κ2) is 6.54. The van der Waals surface area contributed by atoms with Crippen LogP contribution in [0.4, 0.5) is 0 Å². The summed E-state index contributed by atoms with van der Waals surface area (Å²) in [6.07, 6.45) is 4.96. The fourth-order valence-electron chi connectivity index (χ4n) is 2.44. The highest BCUT2D eigenvalue weighted by molar-refractivity contribution is 5.82. The van der Waals surface area contributed by atoms with Gasteiger partial charge >= 0.3 is 5.97 Å². The van der Waals surface area contributed by atoms with Gasteiger partial charge in [0.15, 0.2) is 0 Å². The minimum absolute atomic E-state index is 0.424. The lowest BCUT2D eigenvalue weighted by atomic mass is 9.87. The zero-order chi connectivity index (χ0) is 15.3. The van der Waals surface area contributed by atoms with Crippen LogP contribution in [-0.2, 0) is 28.0 Å². The first-order chi connectivity index (χ1) is 10.1. The van der Waals surface area contributed by atoms with Crippen molar-refractivity contribution >= 4 is 5.97 Å². The van der Waals surface area contributed by atoms with Gasteiger partial charge in [-0.2, -0.15) is 0 Å². The van der Waals surface area contributed by atoms with Gasteiger partial charge in [-0.05, 0) is 12.0 Å². The summed E-state index contributed by atoms with van der Waals surface area (Å²) in [5.74, 6) is 0.558. The van der Waals surface area contributed by atoms with E-state index >= 15 is 0 Å². The lowest BCUT2D eigenvalue weighted by Crippen LogP contribution is -2.46. The lowest BCUT2D eigenvalue weighted by Gasteiger charge is -2.27. The van der Waals surface area contributed by atoms with Crippen LogP contribution in [0.5, 0.6) is 0 Å². The van der Waals surface area contributed by atoms with Crippen molar-refractivity contribution in [2.45, 2.75) is 31.8 Å². The summed E-state index contributed by atoms with van der Waals surface area (Å²) in [6.45, 7) is 2.66. The molecule has 1 unspecified atom stereocenters. The van der Waals surface area contributed by atoms with Gasteiger partial charge < -0.3 is 15.0 Å². The topological polar surface area (TPSA) is 70.1 Å². The molecule has 1 aromatic heterocycles. The molecule has 2 rings (SSSR count). The van der Waals surface area contributed by atoms with Crippen molar-refractivity contribution in [3.63, 3.8) is 0 Å². The van der Waals surface area contributed by atoms with E-state index < -0.39 is 11.5 Å². The smallest absolute Gasteiger partial charge is 0.330 e. The number of benzene rings is 1. The van der Waals surface area contributed by atoms with E-state index in [4.69, 9.17) is 10.5 Å². The summed E-state index contributed by atoms with van der Waals surface area (Å²) in [7, 11) is 1.36. The van der Waals surface area contributed by atoms with E-state index in [1.165, 1.54) is 7.11 Å². The maximum absolute atomic E-state index is 12.2. The predicted octanol–water partition coefficient (Wildman–Crippen LogP) is 1.86. The summed E-state index contributed by atoms with van der Waals surface area (Å²) in [4.78, 5) is 16.5. The zero-order valence-corrected chi connectivity index (χ0v) is 12.5. The third-order valence-electron chi connectivity index (χ3n) is 3.70. The molecule has 0 aliphatic carbocycles. The summed E-state index contributed by atoms with van der Waals surface area (Å²) >= 11 is 0. The molecule has 0 bridgehead atoms. The van der Waals surface area contributed by atoms with Gasteiger partial charge in [-0.1, -0.05) is 37.3 Å². The Kier molecular flexibility index (Phi) is 4.75. The largest absolute Gasteiger partial charge is 0.467 e. The van der Waals surface area contributed by atoms with Crippen LogP contribution >= 0.6 is 0 Å². The maximum atomic E-state index is 12.2. The predicted molar refractivity (Wildman–Crippen MR) is 80.5 cm³/mol. The summed E-state index contributed by atoms with van der Waals surface area (Å²) in [6, 6.07) is 9.34. The Labute approximate surface area is 124 Å². The van der Waals surface area contributed by atoms with E-state index in [2.05, 4.69) is 4.98 Å². The van der Waals surface area contributed by atoms with Gasteiger partial charge in [0.1, 0.15) is 11.4 Å². The van der Waals surface area contributed by atoms with Crippen LogP contribution in [-0.4, -0.2) is 22.6 Å². The number of nitrogens with two attached hydrogens (primary N) is 1. The minimum Gasteiger partial charge on any atom is -0.467 e. The molecule has 1 aromatic carbocycles. The van der Waals surface area contributed by atoms with E-state index in [0.29, 0.717) is 13.0 Å². The Hall–Kier alpha value is -2.14. The molecule has 2 aromatic rings. The lowest BCUT2D eigenvalue weighted by molar-refractivity contribution is -0.148. The number of imidazole rings is 1. The van der Waals surface area contributed by atoms with Crippen molar-refractivity contribution in [3.05, 3.63) is 54.1 Å². The van der Waals surface area contributed by atoms with Crippen molar-refractivity contribution in [2.24, 2.45) is 5.73 Å². The third kappa shape index (κ3) is 3.13. The summed E-state index contributed by atoms with van der Waals surface area (Å²) < 4.78 is 6.93. The van der Waals surface area contributed by atoms with Crippen molar-refractivity contribution in [1.29, 1.82) is 0 Å². The van der Waals surface area contributed by atoms with E-state index in [0.717, 1.165) is 17.8 Å². The third-order valence-corrected chi connectivity index (χ3v) is 3.70. The van der Waals surface area contributed by atoms with Crippen LogP contribution in [0.3, 0.4) is 0 Å². The highest BCUT2D eigenvalue weighted by atomic mass is 16.5. The van der Waals surface area contributed by atoms with Crippen LogP contribution < -0.4 is 5.73 Å². The van der Waals surface area contributed by atoms with Crippen LogP contribution in [0.2, 0.25) is 0 Å². The number of methoxy groups -OCH3 is 1. The molecule has 5 heteroatoms. The molecule has 0 spiro atoms. The van der Waals surface area contributed by atoms with E-state index in [1.807, 2.05) is 48.0 Å². The number of hydrogen-bond donors (Lipinski definition) is 1. The Balaban J connectivity index is 2.24. The second-order valence-electron chi connectivity index (χ2n) is 4.97. The molecule has 0 aliphatic rings. The van der Waals surface area contributed by atoms with Gasteiger partial charge in [0, 0.05) is 25.4 Å². The molecule has 2 N–H and O–H groups in total. The fraction of sp³-hybridized carbons (Fsp3) is 0.375. The van der Waals surface area contributed by atoms with Crippen molar-refractivity contribution in [3.8, 4) is 0 Å². The average molecular weight is 287 g/mol. The average Bonchev–Trinajstić information content (AvgIpc) is 3.00. The van der Waals surface area contributed by atoms with Crippen molar-refractivity contribution < 1.29 is 9.53 Å². The molecule has 0 saturated heterocycles. The molecule has 0 amide bonds. The number of aryl methyl sites for hydroxylation is 2. The number of rotatable bonds is 6. The van der Waals surface area contributed by atoms with Gasteiger partial charge in [-0.25, -0.2) is 9.78 Å². The SMILES string of the molecule is CCc1nccn1CCC(N)(C(=O)OC)c1ccccc1. The highest BCUT2D eigenvalue weighted by Gasteiger charge is 2.36. The normalized spacial score (nSPS) is 13.7. The van der Waals surface area contributed by atoms with Crippen LogP contribution in [0.1, 0.15) is 24.7 Å². The number of nitrogens with zero attached hydrogens (tertiary/aromatic N) is 2. The molecule has 0 aliphatic heterocycles. The number of aromatic nitrogens is 2. The number of ether oxygens (including phenoxy) is 1. The molecular weight excluding hydrogens is 266 g/mol. The van der Waals surface area contributed by atoms with Crippen LogP contribution in [0.15, 0.2) is 42.7 Å². The van der Waals surface area contributed by atoms with Gasteiger partial charge in [-0.3, -0.25) is 0 Å². The summed E-state index contributed by atoms with van der Waals surface area (Å²) in [5, 5.41) is 0. The van der Waals surface area contributed by atoms with Gasteiger partial charge in [0.25, 0.3) is 0 Å². The molecule has 112 valence electrons. The first-order valence-electron chi connectivity index (χ1n) is 7.04. The Morgan fingerprint density at radius 3 is 2.71 bits per heavy atom. The van der Waals surface area contributed by atoms with Gasteiger partial charge in [0.05, 0.1) is 7.11 Å². The van der Waals surface area contributed by atoms with Crippen LogP contribution in [0, 0.1) is 0 Å². The zero-order valence-electron chi connectivity index (χ0n) is 12.5. The molecule has 1 heterocycles. The molecule has 21 heavy (non-hydrogen) atoms. The van der Waals surface area contributed by atoms with Gasteiger partial charge in [-0.15, -0.1) is 0 Å². The quantitative estimate of drug-likeness (QED) is 0.823. The van der Waals surface area contributed by atoms with Gasteiger partial charge in [0.2, 0.25) is 0 Å². The second-order valence-corrected chi connectivity index (χ2v) is 4.97. The van der Waals surface area contributed by atoms with Crippen LogP contribution in [0.25, 0.3) is 0 Å². The Bertz CT molecular complexity index is 595. The number of carbonyl (C=O) groups is 1. The maximum Gasteiger partial charge on any atom is 0.330 e. The highest BCUT2D eigenvalue weighted by Crippen LogP contribution is 2.24. The molecule has 0 radical (unpaired) electrons. The van der Waals surface area contributed by atoms with E-state index in [-0.39, 0.29) is 0 Å². The van der Waals surface area contributed by atoms with E-state index in [9.17, 15) is 4.79 Å².